The first kappa shape index (κ1) is 23.4. The standard InChI is InChI=1S/C18H25N5O6/c1-4-20-17(26)11(3)21-6-7-22(5-2)18(27)13(19)8-12-9-14(23(28)29)16(25)15(24)10-12/h6,8-11,24-25H,4-5,7,19H2,1-3H3,(H,20,26)/b13-8-,21-6?/t11-/m0/s1. The molecule has 1 aromatic carbocycles. The fourth-order valence-corrected chi connectivity index (χ4v) is 2.32. The third kappa shape index (κ3) is 6.48. The molecule has 1 atom stereocenters. The van der Waals surface area contributed by atoms with E-state index in [0.29, 0.717) is 13.1 Å². The van der Waals surface area contributed by atoms with Crippen molar-refractivity contribution in [3.63, 3.8) is 0 Å². The maximum absolute atomic E-state index is 12.5. The van der Waals surface area contributed by atoms with Crippen molar-refractivity contribution in [3.8, 4) is 11.5 Å². The number of rotatable bonds is 9. The van der Waals surface area contributed by atoms with Gasteiger partial charge in [-0.1, -0.05) is 0 Å². The number of nitrogens with two attached hydrogens (primary N) is 1. The second kappa shape index (κ2) is 10.6. The molecule has 0 spiro atoms. The molecule has 29 heavy (non-hydrogen) atoms. The Morgan fingerprint density at radius 2 is 2.03 bits per heavy atom. The zero-order valence-electron chi connectivity index (χ0n) is 16.5. The van der Waals surface area contributed by atoms with Crippen LogP contribution < -0.4 is 11.1 Å². The zero-order chi connectivity index (χ0) is 22.1. The SMILES string of the molecule is CCNC(=O)[C@H](C)N=CCN(CC)C(=O)/C(N)=C/c1cc(O)c(O)c([N+](=O)[O-])c1. The van der Waals surface area contributed by atoms with Gasteiger partial charge >= 0.3 is 5.69 Å². The molecule has 0 radical (unpaired) electrons. The highest BCUT2D eigenvalue weighted by Crippen LogP contribution is 2.36. The number of phenolic OH excluding ortho intramolecular Hbond substituents is 2. The van der Waals surface area contributed by atoms with Gasteiger partial charge in [-0.3, -0.25) is 24.7 Å². The number of nitro benzene ring substituents is 1. The Labute approximate surface area is 167 Å². The molecule has 0 aliphatic carbocycles. The zero-order valence-corrected chi connectivity index (χ0v) is 16.5. The van der Waals surface area contributed by atoms with Gasteiger partial charge in [0.15, 0.2) is 5.75 Å². The molecule has 1 rings (SSSR count). The first-order valence-corrected chi connectivity index (χ1v) is 8.88. The number of nitro groups is 1. The van der Waals surface area contributed by atoms with Gasteiger partial charge in [0.2, 0.25) is 11.7 Å². The van der Waals surface area contributed by atoms with Crippen molar-refractivity contribution in [2.45, 2.75) is 26.8 Å². The van der Waals surface area contributed by atoms with Crippen molar-refractivity contribution in [2.24, 2.45) is 10.7 Å². The maximum atomic E-state index is 12.5. The predicted molar refractivity (Wildman–Crippen MR) is 107 cm³/mol. The third-order valence-electron chi connectivity index (χ3n) is 3.89. The molecule has 0 fully saturated rings. The van der Waals surface area contributed by atoms with Gasteiger partial charge < -0.3 is 26.2 Å². The number of nitrogens with one attached hydrogen (secondary N) is 1. The Morgan fingerprint density at radius 3 is 2.59 bits per heavy atom. The van der Waals surface area contributed by atoms with E-state index >= 15 is 0 Å². The summed E-state index contributed by atoms with van der Waals surface area (Å²) in [5.41, 5.74) is 4.94. The van der Waals surface area contributed by atoms with E-state index in [1.165, 1.54) is 11.1 Å². The highest BCUT2D eigenvalue weighted by Gasteiger charge is 2.20. The van der Waals surface area contributed by atoms with Gasteiger partial charge in [0.25, 0.3) is 5.91 Å². The molecule has 0 heterocycles. The Morgan fingerprint density at radius 1 is 1.38 bits per heavy atom. The van der Waals surface area contributed by atoms with Crippen molar-refractivity contribution in [2.75, 3.05) is 19.6 Å². The summed E-state index contributed by atoms with van der Waals surface area (Å²) in [4.78, 5) is 39.6. The van der Waals surface area contributed by atoms with E-state index in [1.807, 2.05) is 0 Å². The van der Waals surface area contributed by atoms with Gasteiger partial charge in [-0.15, -0.1) is 0 Å². The number of aromatic hydroxyl groups is 2. The van der Waals surface area contributed by atoms with Crippen LogP contribution in [0.2, 0.25) is 0 Å². The van der Waals surface area contributed by atoms with Crippen LogP contribution >= 0.6 is 0 Å². The highest BCUT2D eigenvalue weighted by molar-refractivity contribution is 5.98. The van der Waals surface area contributed by atoms with Crippen LogP contribution in [0.25, 0.3) is 6.08 Å². The van der Waals surface area contributed by atoms with Crippen LogP contribution in [-0.4, -0.2) is 63.7 Å². The lowest BCUT2D eigenvalue weighted by molar-refractivity contribution is -0.386. The first-order chi connectivity index (χ1) is 13.6. The summed E-state index contributed by atoms with van der Waals surface area (Å²) in [5.74, 6) is -2.36. The van der Waals surface area contributed by atoms with Crippen LogP contribution in [0.15, 0.2) is 22.8 Å². The molecule has 5 N–H and O–H groups in total. The van der Waals surface area contributed by atoms with Crippen LogP contribution in [-0.2, 0) is 9.59 Å². The summed E-state index contributed by atoms with van der Waals surface area (Å²) in [6, 6.07) is 1.44. The number of amides is 2. The highest BCUT2D eigenvalue weighted by atomic mass is 16.6. The van der Waals surface area contributed by atoms with Gasteiger partial charge in [0, 0.05) is 25.4 Å². The molecule has 0 aliphatic heterocycles. The quantitative estimate of drug-likeness (QED) is 0.154. The molecule has 0 aliphatic rings. The van der Waals surface area contributed by atoms with E-state index in [2.05, 4.69) is 10.3 Å². The van der Waals surface area contributed by atoms with E-state index in [-0.39, 0.29) is 23.7 Å². The summed E-state index contributed by atoms with van der Waals surface area (Å²) >= 11 is 0. The van der Waals surface area contributed by atoms with E-state index in [1.54, 1.807) is 20.8 Å². The number of hydrogen-bond donors (Lipinski definition) is 4. The van der Waals surface area contributed by atoms with Crippen molar-refractivity contribution in [1.29, 1.82) is 0 Å². The number of aliphatic imine (C=N–C) groups is 1. The Kier molecular flexibility index (Phi) is 8.59. The molecule has 0 bridgehead atoms. The molecule has 11 heteroatoms. The smallest absolute Gasteiger partial charge is 0.315 e. The lowest BCUT2D eigenvalue weighted by atomic mass is 10.1. The van der Waals surface area contributed by atoms with Crippen LogP contribution in [0.5, 0.6) is 11.5 Å². The van der Waals surface area contributed by atoms with Gasteiger partial charge in [-0.2, -0.15) is 0 Å². The van der Waals surface area contributed by atoms with E-state index < -0.39 is 34.1 Å². The molecule has 0 aromatic heterocycles. The van der Waals surface area contributed by atoms with Crippen molar-refractivity contribution >= 4 is 29.8 Å². The molecule has 0 saturated carbocycles. The summed E-state index contributed by atoms with van der Waals surface area (Å²) in [7, 11) is 0. The predicted octanol–water partition coefficient (Wildman–Crippen LogP) is 0.750. The van der Waals surface area contributed by atoms with Crippen LogP contribution in [0.3, 0.4) is 0 Å². The Bertz CT molecular complexity index is 836. The molecule has 2 amide bonds. The number of likely N-dealkylation sites (N-methyl/N-ethyl adjacent to an activating group) is 2. The van der Waals surface area contributed by atoms with Gasteiger partial charge in [-0.25, -0.2) is 0 Å². The van der Waals surface area contributed by atoms with Crippen LogP contribution in [0, 0.1) is 10.1 Å². The first-order valence-electron chi connectivity index (χ1n) is 8.88. The van der Waals surface area contributed by atoms with Gasteiger partial charge in [-0.05, 0) is 38.5 Å². The Balaban J connectivity index is 2.95. The Hall–Kier alpha value is -3.63. The summed E-state index contributed by atoms with van der Waals surface area (Å²) in [6.45, 7) is 6.04. The summed E-state index contributed by atoms with van der Waals surface area (Å²) in [5, 5.41) is 32.7. The molecule has 0 unspecified atom stereocenters. The second-order valence-electron chi connectivity index (χ2n) is 6.01. The number of phenols is 2. The van der Waals surface area contributed by atoms with Crippen molar-refractivity contribution in [3.05, 3.63) is 33.5 Å². The van der Waals surface area contributed by atoms with Crippen molar-refractivity contribution < 1.29 is 24.7 Å². The van der Waals surface area contributed by atoms with E-state index in [9.17, 15) is 29.9 Å². The molecule has 158 valence electrons. The molecular weight excluding hydrogens is 382 g/mol. The normalized spacial score (nSPS) is 12.6. The minimum Gasteiger partial charge on any atom is -0.504 e. The number of benzene rings is 1. The van der Waals surface area contributed by atoms with Crippen LogP contribution in [0.4, 0.5) is 5.69 Å². The van der Waals surface area contributed by atoms with Gasteiger partial charge in [0.05, 0.1) is 17.2 Å². The largest absolute Gasteiger partial charge is 0.504 e. The fraction of sp³-hybridized carbons (Fsp3) is 0.389. The average molecular weight is 407 g/mol. The topological polar surface area (TPSA) is 171 Å². The lowest BCUT2D eigenvalue weighted by Gasteiger charge is -2.19. The number of hydrogen-bond acceptors (Lipinski definition) is 8. The summed E-state index contributed by atoms with van der Waals surface area (Å²) < 4.78 is 0. The molecular formula is C18H25N5O6. The summed E-state index contributed by atoms with van der Waals surface area (Å²) in [6.07, 6.45) is 2.59. The number of carbonyl (C=O) groups is 2. The fourth-order valence-electron chi connectivity index (χ4n) is 2.32. The maximum Gasteiger partial charge on any atom is 0.315 e. The van der Waals surface area contributed by atoms with E-state index in [0.717, 1.165) is 18.2 Å². The number of nitrogens with zero attached hydrogens (tertiary/aromatic N) is 3. The molecule has 0 saturated heterocycles. The van der Waals surface area contributed by atoms with E-state index in [4.69, 9.17) is 5.73 Å². The van der Waals surface area contributed by atoms with Crippen LogP contribution in [0.1, 0.15) is 26.3 Å². The second-order valence-corrected chi connectivity index (χ2v) is 6.01. The molecule has 1 aromatic rings. The lowest BCUT2D eigenvalue weighted by Crippen LogP contribution is -2.36. The monoisotopic (exact) mass is 407 g/mol. The third-order valence-corrected chi connectivity index (χ3v) is 3.89. The minimum absolute atomic E-state index is 0.0763. The minimum atomic E-state index is -0.871. The van der Waals surface area contributed by atoms with Gasteiger partial charge in [0.1, 0.15) is 6.04 Å². The number of carbonyl (C=O) groups excluding carboxylic acids is 2. The van der Waals surface area contributed by atoms with Crippen molar-refractivity contribution in [1.82, 2.24) is 10.2 Å². The average Bonchev–Trinajstić information content (AvgIpc) is 2.67. The molecule has 11 nitrogen and oxygen atoms in total.